The number of benzene rings is 2. The van der Waals surface area contributed by atoms with E-state index in [4.69, 9.17) is 4.74 Å². The van der Waals surface area contributed by atoms with E-state index in [-0.39, 0.29) is 17.4 Å². The molecule has 1 aliphatic heterocycles. The van der Waals surface area contributed by atoms with E-state index in [1.165, 1.54) is 11.0 Å². The molecule has 0 atom stereocenters. The highest BCUT2D eigenvalue weighted by Crippen LogP contribution is 2.26. The molecule has 29 heavy (non-hydrogen) atoms. The molecule has 0 fully saturated rings. The first-order valence-electron chi connectivity index (χ1n) is 9.07. The van der Waals surface area contributed by atoms with Crippen LogP contribution in [0.1, 0.15) is 27.1 Å². The van der Waals surface area contributed by atoms with Crippen LogP contribution in [0.15, 0.2) is 42.7 Å². The summed E-state index contributed by atoms with van der Waals surface area (Å²) in [6, 6.07) is 9.51. The number of amides is 4. The van der Waals surface area contributed by atoms with Gasteiger partial charge in [-0.25, -0.2) is 9.78 Å². The molecule has 3 N–H and O–H groups in total. The van der Waals surface area contributed by atoms with Crippen molar-refractivity contribution in [3.05, 3.63) is 53.9 Å². The summed E-state index contributed by atoms with van der Waals surface area (Å²) < 4.78 is 4.97. The number of nitrogens with zero attached hydrogens (tertiary/aromatic N) is 2. The highest BCUT2D eigenvalue weighted by molar-refractivity contribution is 6.22. The van der Waals surface area contributed by atoms with Gasteiger partial charge in [0.05, 0.1) is 28.5 Å². The zero-order chi connectivity index (χ0) is 20.4. The van der Waals surface area contributed by atoms with Crippen LogP contribution in [0.3, 0.4) is 0 Å². The first-order valence-corrected chi connectivity index (χ1v) is 9.07. The normalized spacial score (nSPS) is 13.1. The molecule has 1 aromatic heterocycles. The number of fused-ring (bicyclic) bond motifs is 2. The van der Waals surface area contributed by atoms with E-state index in [2.05, 4.69) is 20.6 Å². The van der Waals surface area contributed by atoms with Gasteiger partial charge in [-0.2, -0.15) is 0 Å². The maximum absolute atomic E-state index is 12.6. The second-order valence-corrected chi connectivity index (χ2v) is 6.58. The Kier molecular flexibility index (Phi) is 4.96. The second-order valence-electron chi connectivity index (χ2n) is 6.58. The van der Waals surface area contributed by atoms with Gasteiger partial charge in [-0.05, 0) is 42.8 Å². The molecule has 0 saturated carbocycles. The molecule has 0 saturated heterocycles. The van der Waals surface area contributed by atoms with Gasteiger partial charge in [0, 0.05) is 31.6 Å². The highest BCUT2D eigenvalue weighted by atomic mass is 16.5. The van der Waals surface area contributed by atoms with E-state index in [1.807, 2.05) is 0 Å². The number of nitrogens with one attached hydrogen (secondary N) is 3. The first kappa shape index (κ1) is 18.6. The fourth-order valence-electron chi connectivity index (χ4n) is 3.25. The number of hydrogen-bond donors (Lipinski definition) is 3. The van der Waals surface area contributed by atoms with Crippen LogP contribution in [0.25, 0.3) is 11.0 Å². The SMILES string of the molecule is COCCCN1C(=O)c2ccc(NC(=O)Nc3ccc4nc[nH]c4c3)cc2C1=O. The molecule has 2 aromatic carbocycles. The molecule has 0 spiro atoms. The maximum Gasteiger partial charge on any atom is 0.323 e. The fraction of sp³-hybridized carbons (Fsp3) is 0.200. The van der Waals surface area contributed by atoms with E-state index >= 15 is 0 Å². The third-order valence-corrected chi connectivity index (χ3v) is 4.64. The van der Waals surface area contributed by atoms with Crippen LogP contribution in [0, 0.1) is 0 Å². The van der Waals surface area contributed by atoms with Crippen LogP contribution in [0.4, 0.5) is 16.2 Å². The number of rotatable bonds is 6. The Morgan fingerprint density at radius 1 is 1.07 bits per heavy atom. The molecular formula is C20H19N5O4. The number of ether oxygens (including phenoxy) is 1. The molecule has 2 heterocycles. The number of aromatic amines is 1. The number of imidazole rings is 1. The minimum atomic E-state index is -0.461. The van der Waals surface area contributed by atoms with Gasteiger partial charge in [-0.1, -0.05) is 0 Å². The van der Waals surface area contributed by atoms with Crippen LogP contribution >= 0.6 is 0 Å². The van der Waals surface area contributed by atoms with E-state index in [9.17, 15) is 14.4 Å². The van der Waals surface area contributed by atoms with Crippen LogP contribution < -0.4 is 10.6 Å². The summed E-state index contributed by atoms with van der Waals surface area (Å²) in [5, 5.41) is 5.42. The number of aromatic nitrogens is 2. The Bertz CT molecular complexity index is 1110. The van der Waals surface area contributed by atoms with Gasteiger partial charge in [0.1, 0.15) is 0 Å². The molecule has 0 aliphatic carbocycles. The predicted octanol–water partition coefficient (Wildman–Crippen LogP) is 2.84. The van der Waals surface area contributed by atoms with Crippen molar-refractivity contribution in [1.82, 2.24) is 14.9 Å². The number of urea groups is 1. The Morgan fingerprint density at radius 3 is 2.59 bits per heavy atom. The zero-order valence-electron chi connectivity index (χ0n) is 15.7. The van der Waals surface area contributed by atoms with Crippen molar-refractivity contribution >= 4 is 40.3 Å². The third-order valence-electron chi connectivity index (χ3n) is 4.64. The minimum absolute atomic E-state index is 0.282. The van der Waals surface area contributed by atoms with Gasteiger partial charge in [0.2, 0.25) is 0 Å². The summed E-state index contributed by atoms with van der Waals surface area (Å²) in [4.78, 5) is 45.6. The molecule has 1 aliphatic rings. The van der Waals surface area contributed by atoms with Gasteiger partial charge in [0.25, 0.3) is 11.8 Å². The average molecular weight is 393 g/mol. The maximum atomic E-state index is 12.6. The fourth-order valence-corrected chi connectivity index (χ4v) is 3.25. The summed E-state index contributed by atoms with van der Waals surface area (Å²) in [6.07, 6.45) is 2.14. The van der Waals surface area contributed by atoms with Crippen molar-refractivity contribution in [3.63, 3.8) is 0 Å². The second kappa shape index (κ2) is 7.72. The molecule has 0 radical (unpaired) electrons. The van der Waals surface area contributed by atoms with Gasteiger partial charge in [-0.15, -0.1) is 0 Å². The van der Waals surface area contributed by atoms with E-state index in [0.29, 0.717) is 36.5 Å². The minimum Gasteiger partial charge on any atom is -0.385 e. The van der Waals surface area contributed by atoms with Crippen LogP contribution in [0.2, 0.25) is 0 Å². The summed E-state index contributed by atoms with van der Waals surface area (Å²) in [7, 11) is 1.57. The Balaban J connectivity index is 1.45. The molecule has 9 heteroatoms. The van der Waals surface area contributed by atoms with E-state index in [0.717, 1.165) is 11.0 Å². The first-order chi connectivity index (χ1) is 14.1. The molecule has 9 nitrogen and oxygen atoms in total. The molecule has 0 unspecified atom stereocenters. The van der Waals surface area contributed by atoms with Gasteiger partial charge in [0.15, 0.2) is 0 Å². The van der Waals surface area contributed by atoms with E-state index in [1.54, 1.807) is 43.8 Å². The summed E-state index contributed by atoms with van der Waals surface area (Å²) in [5.41, 5.74) is 3.23. The highest BCUT2D eigenvalue weighted by Gasteiger charge is 2.35. The molecule has 148 valence electrons. The number of methoxy groups -OCH3 is 1. The van der Waals surface area contributed by atoms with Crippen molar-refractivity contribution in [2.24, 2.45) is 0 Å². The van der Waals surface area contributed by atoms with Crippen molar-refractivity contribution in [3.8, 4) is 0 Å². The van der Waals surface area contributed by atoms with Gasteiger partial charge >= 0.3 is 6.03 Å². The van der Waals surface area contributed by atoms with Crippen LogP contribution in [0.5, 0.6) is 0 Å². The van der Waals surface area contributed by atoms with Crippen LogP contribution in [-0.4, -0.2) is 53.0 Å². The standard InChI is InChI=1S/C20H19N5O4/c1-29-8-2-7-25-18(26)14-5-3-12(9-15(14)19(25)27)23-20(28)24-13-4-6-16-17(10-13)22-11-21-16/h3-6,9-11H,2,7-8H2,1H3,(H,21,22)(H2,23,24,28). The van der Waals surface area contributed by atoms with Gasteiger partial charge < -0.3 is 20.4 Å². The number of hydrogen-bond acceptors (Lipinski definition) is 5. The van der Waals surface area contributed by atoms with Gasteiger partial charge in [-0.3, -0.25) is 14.5 Å². The van der Waals surface area contributed by atoms with E-state index < -0.39 is 6.03 Å². The Hall–Kier alpha value is -3.72. The molecule has 3 aromatic rings. The smallest absolute Gasteiger partial charge is 0.323 e. The molecule has 4 amide bonds. The zero-order valence-corrected chi connectivity index (χ0v) is 15.7. The number of carbonyl (C=O) groups is 3. The number of anilines is 2. The number of carbonyl (C=O) groups excluding carboxylic acids is 3. The summed E-state index contributed by atoms with van der Waals surface area (Å²) in [6.45, 7) is 0.754. The molecular weight excluding hydrogens is 374 g/mol. The average Bonchev–Trinajstić information content (AvgIpc) is 3.26. The Morgan fingerprint density at radius 2 is 1.79 bits per heavy atom. The lowest BCUT2D eigenvalue weighted by Crippen LogP contribution is -2.31. The van der Waals surface area contributed by atoms with Crippen LogP contribution in [-0.2, 0) is 4.74 Å². The number of imide groups is 1. The lowest BCUT2D eigenvalue weighted by atomic mass is 10.1. The predicted molar refractivity (Wildman–Crippen MR) is 107 cm³/mol. The largest absolute Gasteiger partial charge is 0.385 e. The van der Waals surface area contributed by atoms with Crippen molar-refractivity contribution in [2.45, 2.75) is 6.42 Å². The quantitative estimate of drug-likeness (QED) is 0.440. The number of H-pyrrole nitrogens is 1. The van der Waals surface area contributed by atoms with Crippen molar-refractivity contribution in [1.29, 1.82) is 0 Å². The molecule has 0 bridgehead atoms. The van der Waals surface area contributed by atoms with Crippen molar-refractivity contribution in [2.75, 3.05) is 30.9 Å². The molecule has 4 rings (SSSR count). The monoisotopic (exact) mass is 393 g/mol. The Labute approximate surface area is 166 Å². The van der Waals surface area contributed by atoms with Crippen molar-refractivity contribution < 1.29 is 19.1 Å². The lowest BCUT2D eigenvalue weighted by Gasteiger charge is -2.12. The topological polar surface area (TPSA) is 116 Å². The third kappa shape index (κ3) is 3.67. The lowest BCUT2D eigenvalue weighted by molar-refractivity contribution is 0.0638. The summed E-state index contributed by atoms with van der Waals surface area (Å²) in [5.74, 6) is -0.695. The summed E-state index contributed by atoms with van der Waals surface area (Å²) >= 11 is 0.